The van der Waals surface area contributed by atoms with Crippen LogP contribution in [0.25, 0.3) is 0 Å². The number of ether oxygens (including phenoxy) is 2. The number of carbonyl (C=O) groups excluding carboxylic acids is 1. The first kappa shape index (κ1) is 16.6. The van der Waals surface area contributed by atoms with Gasteiger partial charge in [-0.25, -0.2) is 0 Å². The Hall–Kier alpha value is -0.360. The molecule has 0 aromatic heterocycles. The Bertz CT molecular complexity index is 209. The third kappa shape index (κ3) is 7.54. The molecular formula is C11H23ClN2O3. The summed E-state index contributed by atoms with van der Waals surface area (Å²) < 4.78 is 9.95. The van der Waals surface area contributed by atoms with Crippen molar-refractivity contribution < 1.29 is 14.3 Å². The molecular weight excluding hydrogens is 244 g/mol. The molecule has 6 heteroatoms. The van der Waals surface area contributed by atoms with E-state index in [1.54, 1.807) is 7.11 Å². The number of amides is 1. The van der Waals surface area contributed by atoms with Crippen molar-refractivity contribution in [3.05, 3.63) is 0 Å². The number of methoxy groups -OCH3 is 1. The number of hydrogen-bond acceptors (Lipinski definition) is 4. The third-order valence-corrected chi connectivity index (χ3v) is 2.80. The van der Waals surface area contributed by atoms with Crippen LogP contribution in [0.4, 0.5) is 0 Å². The van der Waals surface area contributed by atoms with Gasteiger partial charge in [0.15, 0.2) is 0 Å². The van der Waals surface area contributed by atoms with Crippen LogP contribution < -0.4 is 11.1 Å². The normalized spacial score (nSPS) is 23.9. The van der Waals surface area contributed by atoms with Gasteiger partial charge in [0.1, 0.15) is 6.61 Å². The van der Waals surface area contributed by atoms with Crippen LogP contribution in [0, 0.1) is 0 Å². The van der Waals surface area contributed by atoms with Crippen molar-refractivity contribution >= 4 is 18.3 Å². The number of rotatable bonds is 6. The van der Waals surface area contributed by atoms with E-state index in [2.05, 4.69) is 5.32 Å². The van der Waals surface area contributed by atoms with Gasteiger partial charge in [-0.2, -0.15) is 0 Å². The summed E-state index contributed by atoms with van der Waals surface area (Å²) in [6.07, 6.45) is 3.95. The molecule has 5 nitrogen and oxygen atoms in total. The average molecular weight is 267 g/mol. The summed E-state index contributed by atoms with van der Waals surface area (Å²) in [5, 5.41) is 2.96. The molecule has 0 unspecified atom stereocenters. The second-order valence-electron chi connectivity index (χ2n) is 4.22. The molecule has 0 radical (unpaired) electrons. The zero-order valence-corrected chi connectivity index (χ0v) is 11.1. The van der Waals surface area contributed by atoms with Gasteiger partial charge >= 0.3 is 0 Å². The molecule has 3 N–H and O–H groups in total. The molecule has 102 valence electrons. The molecule has 0 aromatic rings. The Kier molecular flexibility index (Phi) is 9.44. The first-order chi connectivity index (χ1) is 7.72. The lowest BCUT2D eigenvalue weighted by Crippen LogP contribution is -2.42. The predicted octanol–water partition coefficient (Wildman–Crippen LogP) is 0.457. The van der Waals surface area contributed by atoms with Crippen molar-refractivity contribution in [3.8, 4) is 0 Å². The zero-order valence-electron chi connectivity index (χ0n) is 10.3. The molecule has 17 heavy (non-hydrogen) atoms. The summed E-state index contributed by atoms with van der Waals surface area (Å²) in [5.74, 6) is -0.0448. The van der Waals surface area contributed by atoms with Crippen LogP contribution >= 0.6 is 12.4 Å². The summed E-state index contributed by atoms with van der Waals surface area (Å²) in [6, 6.07) is 0.587. The van der Waals surface area contributed by atoms with E-state index in [0.717, 1.165) is 25.7 Å². The van der Waals surface area contributed by atoms with E-state index < -0.39 is 0 Å². The Balaban J connectivity index is 0.00000256. The molecule has 0 saturated heterocycles. The van der Waals surface area contributed by atoms with Crippen molar-refractivity contribution in [2.45, 2.75) is 37.8 Å². The van der Waals surface area contributed by atoms with E-state index in [1.807, 2.05) is 0 Å². The fourth-order valence-electron chi connectivity index (χ4n) is 1.84. The predicted molar refractivity (Wildman–Crippen MR) is 68.3 cm³/mol. The molecule has 1 fully saturated rings. The van der Waals surface area contributed by atoms with Gasteiger partial charge in [-0.15, -0.1) is 12.4 Å². The molecule has 0 spiro atoms. The van der Waals surface area contributed by atoms with Gasteiger partial charge < -0.3 is 20.5 Å². The Morgan fingerprint density at radius 1 is 1.29 bits per heavy atom. The van der Waals surface area contributed by atoms with Crippen molar-refractivity contribution in [1.29, 1.82) is 0 Å². The van der Waals surface area contributed by atoms with Gasteiger partial charge in [0.2, 0.25) is 5.91 Å². The van der Waals surface area contributed by atoms with Crippen LogP contribution in [0.5, 0.6) is 0 Å². The minimum atomic E-state index is -0.0448. The Labute approximate surface area is 109 Å². The van der Waals surface area contributed by atoms with Gasteiger partial charge in [0, 0.05) is 19.2 Å². The highest BCUT2D eigenvalue weighted by molar-refractivity contribution is 5.85. The minimum absolute atomic E-state index is 0. The first-order valence-corrected chi connectivity index (χ1v) is 5.84. The summed E-state index contributed by atoms with van der Waals surface area (Å²) in [6.45, 7) is 1.09. The quantitative estimate of drug-likeness (QED) is 0.685. The van der Waals surface area contributed by atoms with E-state index in [-0.39, 0.29) is 31.0 Å². The molecule has 0 heterocycles. The van der Waals surface area contributed by atoms with Crippen molar-refractivity contribution in [2.75, 3.05) is 26.9 Å². The lowest BCUT2D eigenvalue weighted by atomic mass is 9.92. The second-order valence-corrected chi connectivity index (χ2v) is 4.22. The molecule has 0 atom stereocenters. The lowest BCUT2D eigenvalue weighted by molar-refractivity contribution is -0.127. The second kappa shape index (κ2) is 9.65. The SMILES string of the molecule is COCCOCC(=O)NC1CCC(N)CC1.Cl. The van der Waals surface area contributed by atoms with E-state index in [4.69, 9.17) is 15.2 Å². The monoisotopic (exact) mass is 266 g/mol. The Morgan fingerprint density at radius 3 is 2.53 bits per heavy atom. The molecule has 1 aliphatic rings. The van der Waals surface area contributed by atoms with Crippen LogP contribution in [0.1, 0.15) is 25.7 Å². The van der Waals surface area contributed by atoms with E-state index in [1.165, 1.54) is 0 Å². The van der Waals surface area contributed by atoms with Gasteiger partial charge in [-0.05, 0) is 25.7 Å². The fourth-order valence-corrected chi connectivity index (χ4v) is 1.84. The largest absolute Gasteiger partial charge is 0.382 e. The molecule has 1 saturated carbocycles. The number of nitrogens with two attached hydrogens (primary N) is 1. The highest BCUT2D eigenvalue weighted by Gasteiger charge is 2.19. The van der Waals surface area contributed by atoms with Gasteiger partial charge in [0.05, 0.1) is 13.2 Å². The van der Waals surface area contributed by atoms with Gasteiger partial charge in [-0.3, -0.25) is 4.79 Å². The molecule has 0 aliphatic heterocycles. The standard InChI is InChI=1S/C11H22N2O3.ClH/c1-15-6-7-16-8-11(14)13-10-4-2-9(12)3-5-10;/h9-10H,2-8,12H2,1H3,(H,13,14);1H. The number of hydrogen-bond donors (Lipinski definition) is 2. The molecule has 1 rings (SSSR count). The maximum atomic E-state index is 11.4. The lowest BCUT2D eigenvalue weighted by Gasteiger charge is -2.26. The van der Waals surface area contributed by atoms with Crippen LogP contribution in [-0.2, 0) is 14.3 Å². The topological polar surface area (TPSA) is 73.6 Å². The average Bonchev–Trinajstić information content (AvgIpc) is 2.28. The smallest absolute Gasteiger partial charge is 0.246 e. The summed E-state index contributed by atoms with van der Waals surface area (Å²) in [5.41, 5.74) is 5.79. The highest BCUT2D eigenvalue weighted by atomic mass is 35.5. The van der Waals surface area contributed by atoms with Crippen LogP contribution in [0.15, 0.2) is 0 Å². The van der Waals surface area contributed by atoms with Crippen molar-refractivity contribution in [3.63, 3.8) is 0 Å². The number of carbonyl (C=O) groups is 1. The molecule has 1 amide bonds. The highest BCUT2D eigenvalue weighted by Crippen LogP contribution is 2.16. The molecule has 0 aromatic carbocycles. The zero-order chi connectivity index (χ0) is 11.8. The minimum Gasteiger partial charge on any atom is -0.382 e. The Morgan fingerprint density at radius 2 is 1.94 bits per heavy atom. The molecule has 0 bridgehead atoms. The summed E-state index contributed by atoms with van der Waals surface area (Å²) in [4.78, 5) is 11.4. The maximum Gasteiger partial charge on any atom is 0.246 e. The van der Waals surface area contributed by atoms with E-state index >= 15 is 0 Å². The van der Waals surface area contributed by atoms with Crippen molar-refractivity contribution in [2.24, 2.45) is 5.73 Å². The van der Waals surface area contributed by atoms with Gasteiger partial charge in [-0.1, -0.05) is 0 Å². The van der Waals surface area contributed by atoms with Crippen LogP contribution in [-0.4, -0.2) is 44.9 Å². The fraction of sp³-hybridized carbons (Fsp3) is 0.909. The van der Waals surface area contributed by atoms with Crippen LogP contribution in [0.2, 0.25) is 0 Å². The summed E-state index contributed by atoms with van der Waals surface area (Å²) >= 11 is 0. The van der Waals surface area contributed by atoms with Crippen LogP contribution in [0.3, 0.4) is 0 Å². The number of nitrogens with one attached hydrogen (secondary N) is 1. The third-order valence-electron chi connectivity index (χ3n) is 2.80. The molecule has 1 aliphatic carbocycles. The number of halogens is 1. The van der Waals surface area contributed by atoms with Crippen molar-refractivity contribution in [1.82, 2.24) is 5.32 Å². The van der Waals surface area contributed by atoms with E-state index in [0.29, 0.717) is 19.3 Å². The van der Waals surface area contributed by atoms with Gasteiger partial charge in [0.25, 0.3) is 0 Å². The summed E-state index contributed by atoms with van der Waals surface area (Å²) in [7, 11) is 1.61. The van der Waals surface area contributed by atoms with E-state index in [9.17, 15) is 4.79 Å². The maximum absolute atomic E-state index is 11.4. The first-order valence-electron chi connectivity index (χ1n) is 5.84.